The van der Waals surface area contributed by atoms with Gasteiger partial charge < -0.3 is 40.4 Å². The van der Waals surface area contributed by atoms with E-state index in [-0.39, 0.29) is 53.0 Å². The lowest BCUT2D eigenvalue weighted by atomic mass is 9.71. The Bertz CT molecular complexity index is 2140. The van der Waals surface area contributed by atoms with Gasteiger partial charge in [-0.25, -0.2) is 5.43 Å². The minimum absolute atomic E-state index is 0.0234. The molecule has 4 aromatic carbocycles. The number of aliphatic hydroxyl groups excluding tert-OH is 1. The fraction of sp³-hybridized carbons (Fsp3) is 0.300. The predicted molar refractivity (Wildman–Crippen MR) is 192 cm³/mol. The van der Waals surface area contributed by atoms with Crippen LogP contribution < -0.4 is 15.9 Å². The highest BCUT2D eigenvalue weighted by atomic mass is 16.7. The lowest BCUT2D eigenvalue weighted by Crippen LogP contribution is -2.52. The Hall–Kier alpha value is -5.44. The molecule has 53 heavy (non-hydrogen) atoms. The summed E-state index contributed by atoms with van der Waals surface area (Å²) in [5.74, 6) is -3.12. The molecule has 13 nitrogen and oxygen atoms in total. The van der Waals surface area contributed by atoms with Crippen molar-refractivity contribution >= 4 is 23.2 Å². The molecule has 274 valence electrons. The molecule has 1 aliphatic heterocycles. The van der Waals surface area contributed by atoms with Gasteiger partial charge in [-0.3, -0.25) is 14.4 Å². The predicted octanol–water partition coefficient (Wildman–Crippen LogP) is 3.91. The zero-order valence-electron chi connectivity index (χ0n) is 29.2. The van der Waals surface area contributed by atoms with E-state index in [1.807, 2.05) is 42.5 Å². The molecule has 1 amide bonds. The van der Waals surface area contributed by atoms with Crippen molar-refractivity contribution in [1.29, 1.82) is 0 Å². The normalized spacial score (nSPS) is 25.2. The van der Waals surface area contributed by atoms with Crippen LogP contribution in [0.5, 0.6) is 17.2 Å². The molecule has 4 aromatic rings. The number of hydrazone groups is 1. The SMILES string of the molecule is COc1cccc2c1C(=O)c1c(O)c3c(c(O)c1C2=O)C[C@@](O)(/C(C)=N/NC(=O)c1ccc(-c2ccccc2)cc1)C[C@@H]3OC1CC(N)C(O)C(C)O1. The summed E-state index contributed by atoms with van der Waals surface area (Å²) in [5, 5.41) is 50.5. The van der Waals surface area contributed by atoms with Crippen molar-refractivity contribution in [2.45, 2.75) is 69.4 Å². The fourth-order valence-electron chi connectivity index (χ4n) is 7.41. The van der Waals surface area contributed by atoms with Crippen LogP contribution in [0.4, 0.5) is 0 Å². The van der Waals surface area contributed by atoms with Crippen molar-refractivity contribution in [3.63, 3.8) is 0 Å². The molecule has 1 fully saturated rings. The van der Waals surface area contributed by atoms with Crippen LogP contribution in [0.15, 0.2) is 77.9 Å². The molecule has 3 aliphatic rings. The number of rotatable bonds is 7. The van der Waals surface area contributed by atoms with Crippen molar-refractivity contribution < 1.29 is 49.0 Å². The van der Waals surface area contributed by atoms with Gasteiger partial charge in [-0.05, 0) is 43.2 Å². The second-order valence-electron chi connectivity index (χ2n) is 13.7. The second-order valence-corrected chi connectivity index (χ2v) is 13.7. The maximum atomic E-state index is 14.0. The minimum Gasteiger partial charge on any atom is -0.507 e. The van der Waals surface area contributed by atoms with Gasteiger partial charge in [0.2, 0.25) is 5.78 Å². The first kappa shape index (κ1) is 35.9. The van der Waals surface area contributed by atoms with E-state index in [1.54, 1.807) is 19.1 Å². The topological polar surface area (TPSA) is 210 Å². The van der Waals surface area contributed by atoms with Crippen LogP contribution >= 0.6 is 0 Å². The van der Waals surface area contributed by atoms with Gasteiger partial charge in [0.05, 0.1) is 47.8 Å². The average molecular weight is 722 g/mol. The molecule has 0 radical (unpaired) electrons. The number of carbonyl (C=O) groups excluding carboxylic acids is 3. The number of benzene rings is 4. The maximum absolute atomic E-state index is 14.0. The molecule has 1 saturated heterocycles. The zero-order valence-corrected chi connectivity index (χ0v) is 29.2. The van der Waals surface area contributed by atoms with Crippen LogP contribution in [0.3, 0.4) is 0 Å². The summed E-state index contributed by atoms with van der Waals surface area (Å²) < 4.78 is 17.6. The standard InChI is InChI=1S/C40H39N3O10/c1-19-34(44)26(41)16-29(52-19)53-28-18-40(50,20(2)42-43-39(49)23-14-12-22(13-15-23)21-8-5-4-6-9-21)17-25-31(28)38(48)33-32(36(25)46)35(45)24-10-7-11-27(51-3)30(24)37(33)47/h4-15,19,26,28-29,34,44,46,48,50H,16-18,41H2,1-3H3,(H,43,49)/b42-20+/t19?,26?,28-,29?,34?,40-/m0/s1. The van der Waals surface area contributed by atoms with Gasteiger partial charge in [-0.15, -0.1) is 0 Å². The van der Waals surface area contributed by atoms with E-state index in [9.17, 15) is 34.8 Å². The van der Waals surface area contributed by atoms with Gasteiger partial charge >= 0.3 is 0 Å². The molecule has 0 saturated carbocycles. The maximum Gasteiger partial charge on any atom is 0.271 e. The van der Waals surface area contributed by atoms with Crippen LogP contribution in [-0.4, -0.2) is 80.9 Å². The highest BCUT2D eigenvalue weighted by Gasteiger charge is 2.49. The largest absolute Gasteiger partial charge is 0.507 e. The number of hydrogen-bond acceptors (Lipinski definition) is 12. The highest BCUT2D eigenvalue weighted by molar-refractivity contribution is 6.31. The third-order valence-electron chi connectivity index (χ3n) is 10.4. The molecule has 0 spiro atoms. The number of nitrogens with one attached hydrogen (secondary N) is 1. The first-order chi connectivity index (χ1) is 25.3. The Morgan fingerprint density at radius 3 is 2.30 bits per heavy atom. The Kier molecular flexibility index (Phi) is 9.39. The van der Waals surface area contributed by atoms with E-state index >= 15 is 0 Å². The van der Waals surface area contributed by atoms with E-state index in [0.717, 1.165) is 11.1 Å². The van der Waals surface area contributed by atoms with E-state index < -0.39 is 76.3 Å². The van der Waals surface area contributed by atoms with E-state index in [0.29, 0.717) is 5.56 Å². The van der Waals surface area contributed by atoms with Gasteiger partial charge in [-0.1, -0.05) is 54.6 Å². The first-order valence-electron chi connectivity index (χ1n) is 17.2. The summed E-state index contributed by atoms with van der Waals surface area (Å²) in [7, 11) is 1.35. The molecule has 4 unspecified atom stereocenters. The Balaban J connectivity index is 1.25. The quantitative estimate of drug-likeness (QED) is 0.0806. The minimum atomic E-state index is -1.91. The summed E-state index contributed by atoms with van der Waals surface area (Å²) in [4.78, 5) is 41.0. The molecule has 2 aliphatic carbocycles. The lowest BCUT2D eigenvalue weighted by molar-refractivity contribution is -0.245. The van der Waals surface area contributed by atoms with Crippen LogP contribution in [0, 0.1) is 0 Å². The number of methoxy groups -OCH3 is 1. The number of fused-ring (bicyclic) bond motifs is 3. The van der Waals surface area contributed by atoms with Crippen LogP contribution in [0.25, 0.3) is 11.1 Å². The number of aromatic hydroxyl groups is 2. The summed E-state index contributed by atoms with van der Waals surface area (Å²) >= 11 is 0. The molecule has 6 atom stereocenters. The van der Waals surface area contributed by atoms with Crippen molar-refractivity contribution in [3.05, 3.63) is 112 Å². The number of ketones is 2. The van der Waals surface area contributed by atoms with E-state index in [1.165, 1.54) is 32.2 Å². The summed E-state index contributed by atoms with van der Waals surface area (Å²) in [5.41, 5.74) is 7.96. The van der Waals surface area contributed by atoms with Crippen molar-refractivity contribution in [1.82, 2.24) is 5.43 Å². The van der Waals surface area contributed by atoms with Crippen molar-refractivity contribution in [2.24, 2.45) is 10.8 Å². The Morgan fingerprint density at radius 1 is 0.943 bits per heavy atom. The number of hydrogen-bond donors (Lipinski definition) is 6. The second kappa shape index (κ2) is 13.8. The number of carbonyl (C=O) groups is 3. The van der Waals surface area contributed by atoms with Crippen LogP contribution in [-0.2, 0) is 15.9 Å². The van der Waals surface area contributed by atoms with Crippen molar-refractivity contribution in [2.75, 3.05) is 7.11 Å². The summed E-state index contributed by atoms with van der Waals surface area (Å²) in [6.45, 7) is 3.10. The Morgan fingerprint density at radius 2 is 1.62 bits per heavy atom. The van der Waals surface area contributed by atoms with Gasteiger partial charge in [0, 0.05) is 47.6 Å². The third-order valence-corrected chi connectivity index (χ3v) is 10.4. The van der Waals surface area contributed by atoms with Crippen LogP contribution in [0.2, 0.25) is 0 Å². The molecule has 0 bridgehead atoms. The Labute approximate surface area is 304 Å². The fourth-order valence-corrected chi connectivity index (χ4v) is 7.41. The third kappa shape index (κ3) is 6.26. The summed E-state index contributed by atoms with van der Waals surface area (Å²) in [6, 6.07) is 20.3. The monoisotopic (exact) mass is 721 g/mol. The number of nitrogens with zero attached hydrogens (tertiary/aromatic N) is 1. The molecule has 1 heterocycles. The molecule has 13 heteroatoms. The number of aliphatic hydroxyl groups is 2. The van der Waals surface area contributed by atoms with E-state index in [4.69, 9.17) is 19.9 Å². The first-order valence-corrected chi connectivity index (χ1v) is 17.2. The van der Waals surface area contributed by atoms with Gasteiger partial charge in [-0.2, -0.15) is 5.10 Å². The van der Waals surface area contributed by atoms with Crippen LogP contribution in [0.1, 0.15) is 86.1 Å². The number of phenolic OH excluding ortho intramolecular Hbond substituents is 2. The highest BCUT2D eigenvalue weighted by Crippen LogP contribution is 2.52. The average Bonchev–Trinajstić information content (AvgIpc) is 3.16. The molecular formula is C40H39N3O10. The number of ether oxygens (including phenoxy) is 3. The van der Waals surface area contributed by atoms with Gasteiger partial charge in [0.25, 0.3) is 5.91 Å². The van der Waals surface area contributed by atoms with Crippen molar-refractivity contribution in [3.8, 4) is 28.4 Å². The molecule has 0 aromatic heterocycles. The molecule has 7 N–H and O–H groups in total. The number of phenols is 2. The number of nitrogens with two attached hydrogens (primary N) is 1. The van der Waals surface area contributed by atoms with Gasteiger partial charge in [0.15, 0.2) is 12.1 Å². The van der Waals surface area contributed by atoms with Gasteiger partial charge in [0.1, 0.15) is 22.8 Å². The summed E-state index contributed by atoms with van der Waals surface area (Å²) in [6.07, 6.45) is -4.60. The molecular weight excluding hydrogens is 682 g/mol. The zero-order chi connectivity index (χ0) is 37.8. The van der Waals surface area contributed by atoms with E-state index in [2.05, 4.69) is 10.5 Å². The smallest absolute Gasteiger partial charge is 0.271 e. The lowest BCUT2D eigenvalue weighted by Gasteiger charge is -2.42. The number of amides is 1. The molecule has 7 rings (SSSR count).